The quantitative estimate of drug-likeness (QED) is 0.918. The lowest BCUT2D eigenvalue weighted by Crippen LogP contribution is -2.14. The van der Waals surface area contributed by atoms with Crippen LogP contribution in [0.15, 0.2) is 41.3 Å². The Labute approximate surface area is 128 Å². The molecule has 7 heteroatoms. The van der Waals surface area contributed by atoms with Crippen molar-refractivity contribution in [2.75, 3.05) is 18.9 Å². The van der Waals surface area contributed by atoms with E-state index in [0.717, 1.165) is 6.07 Å². The molecule has 0 amide bonds. The van der Waals surface area contributed by atoms with Crippen molar-refractivity contribution < 1.29 is 22.3 Å². The van der Waals surface area contributed by atoms with Gasteiger partial charge in [0, 0.05) is 6.07 Å². The summed E-state index contributed by atoms with van der Waals surface area (Å²) in [7, 11) is -0.962. The maximum Gasteiger partial charge on any atom is 0.262 e. The topological polar surface area (TPSA) is 64.6 Å². The first kappa shape index (κ1) is 16.1. The Bertz CT molecular complexity index is 790. The maximum absolute atomic E-state index is 13.3. The number of anilines is 1. The van der Waals surface area contributed by atoms with Crippen molar-refractivity contribution in [3.8, 4) is 11.5 Å². The highest BCUT2D eigenvalue weighted by Gasteiger charge is 2.18. The Morgan fingerprint density at radius 1 is 1.00 bits per heavy atom. The molecule has 0 fully saturated rings. The minimum Gasteiger partial charge on any atom is -0.493 e. The number of ether oxygens (including phenoxy) is 2. The zero-order valence-corrected chi connectivity index (χ0v) is 13.2. The predicted molar refractivity (Wildman–Crippen MR) is 81.5 cm³/mol. The van der Waals surface area contributed by atoms with Crippen LogP contribution < -0.4 is 14.2 Å². The van der Waals surface area contributed by atoms with Crippen LogP contribution in [0.4, 0.5) is 10.1 Å². The fraction of sp³-hybridized carbons (Fsp3) is 0.200. The molecule has 0 unspecified atom stereocenters. The van der Waals surface area contributed by atoms with Crippen LogP contribution in [0.2, 0.25) is 0 Å². The van der Waals surface area contributed by atoms with Gasteiger partial charge in [0.05, 0.1) is 24.8 Å². The van der Waals surface area contributed by atoms with Crippen molar-refractivity contribution >= 4 is 15.7 Å². The van der Waals surface area contributed by atoms with Gasteiger partial charge in [0.2, 0.25) is 0 Å². The van der Waals surface area contributed by atoms with E-state index in [9.17, 15) is 12.8 Å². The molecule has 0 saturated carbocycles. The summed E-state index contributed by atoms with van der Waals surface area (Å²) in [5.41, 5.74) is 0.746. The lowest BCUT2D eigenvalue weighted by molar-refractivity contribution is 0.355. The Balaban J connectivity index is 2.39. The van der Waals surface area contributed by atoms with Crippen LogP contribution in [0.3, 0.4) is 0 Å². The predicted octanol–water partition coefficient (Wildman–Crippen LogP) is 2.95. The van der Waals surface area contributed by atoms with Crippen LogP contribution in [0.5, 0.6) is 11.5 Å². The molecule has 22 heavy (non-hydrogen) atoms. The van der Waals surface area contributed by atoms with Crippen LogP contribution in [-0.4, -0.2) is 22.6 Å². The van der Waals surface area contributed by atoms with Crippen LogP contribution in [0.25, 0.3) is 0 Å². The van der Waals surface area contributed by atoms with E-state index < -0.39 is 15.8 Å². The van der Waals surface area contributed by atoms with Crippen molar-refractivity contribution in [3.63, 3.8) is 0 Å². The number of sulfonamides is 1. The van der Waals surface area contributed by atoms with Gasteiger partial charge in [0.25, 0.3) is 10.0 Å². The molecule has 1 N–H and O–H groups in total. The monoisotopic (exact) mass is 325 g/mol. The molecule has 0 aliphatic rings. The van der Waals surface area contributed by atoms with Crippen LogP contribution in [0.1, 0.15) is 5.56 Å². The summed E-state index contributed by atoms with van der Waals surface area (Å²) in [5, 5.41) is 0. The molecular formula is C15H16FNO4S. The van der Waals surface area contributed by atoms with E-state index >= 15 is 0 Å². The fourth-order valence-corrected chi connectivity index (χ4v) is 3.28. The summed E-state index contributed by atoms with van der Waals surface area (Å²) in [6.07, 6.45) is 0. The van der Waals surface area contributed by atoms with Crippen molar-refractivity contribution in [1.82, 2.24) is 0 Å². The third kappa shape index (κ3) is 3.30. The summed E-state index contributed by atoms with van der Waals surface area (Å²) < 4.78 is 50.7. The number of hydrogen-bond donors (Lipinski definition) is 1. The minimum atomic E-state index is -3.90. The highest BCUT2D eigenvalue weighted by Crippen LogP contribution is 2.31. The molecule has 0 bridgehead atoms. The molecule has 0 atom stereocenters. The number of rotatable bonds is 5. The van der Waals surface area contributed by atoms with Gasteiger partial charge < -0.3 is 9.47 Å². The maximum atomic E-state index is 13.3. The molecule has 2 aromatic carbocycles. The molecule has 0 aliphatic heterocycles. The summed E-state index contributed by atoms with van der Waals surface area (Å²) >= 11 is 0. The molecule has 0 heterocycles. The van der Waals surface area contributed by atoms with E-state index in [1.165, 1.54) is 38.5 Å². The second kappa shape index (κ2) is 6.23. The Kier molecular flexibility index (Phi) is 4.56. The first-order valence-electron chi connectivity index (χ1n) is 6.38. The molecule has 118 valence electrons. The number of halogens is 1. The van der Waals surface area contributed by atoms with Gasteiger partial charge in [-0.3, -0.25) is 4.72 Å². The molecule has 0 spiro atoms. The van der Waals surface area contributed by atoms with E-state index in [0.29, 0.717) is 22.7 Å². The van der Waals surface area contributed by atoms with Crippen LogP contribution in [-0.2, 0) is 10.0 Å². The van der Waals surface area contributed by atoms with E-state index in [1.54, 1.807) is 13.0 Å². The normalized spacial score (nSPS) is 11.1. The van der Waals surface area contributed by atoms with Crippen molar-refractivity contribution in [1.29, 1.82) is 0 Å². The molecule has 0 saturated heterocycles. The summed E-state index contributed by atoms with van der Waals surface area (Å²) in [5.74, 6) is 0.254. The van der Waals surface area contributed by atoms with Gasteiger partial charge in [-0.15, -0.1) is 0 Å². The lowest BCUT2D eigenvalue weighted by atomic mass is 10.2. The Hall–Kier alpha value is -2.28. The van der Waals surface area contributed by atoms with E-state index in [1.807, 2.05) is 0 Å². The van der Waals surface area contributed by atoms with Gasteiger partial charge in [-0.05, 0) is 36.8 Å². The summed E-state index contributed by atoms with van der Waals surface area (Å²) in [6.45, 7) is 1.60. The van der Waals surface area contributed by atoms with E-state index in [2.05, 4.69) is 4.72 Å². The number of benzene rings is 2. The van der Waals surface area contributed by atoms with E-state index in [4.69, 9.17) is 9.47 Å². The molecule has 2 rings (SSSR count). The lowest BCUT2D eigenvalue weighted by Gasteiger charge is -2.13. The van der Waals surface area contributed by atoms with Crippen molar-refractivity contribution in [2.24, 2.45) is 0 Å². The second-order valence-electron chi connectivity index (χ2n) is 4.59. The number of nitrogens with one attached hydrogen (secondary N) is 1. The molecule has 0 radical (unpaired) electrons. The van der Waals surface area contributed by atoms with E-state index in [-0.39, 0.29) is 4.90 Å². The number of hydrogen-bond acceptors (Lipinski definition) is 4. The van der Waals surface area contributed by atoms with Gasteiger partial charge in [0.15, 0.2) is 11.5 Å². The molecule has 2 aromatic rings. The van der Waals surface area contributed by atoms with Crippen molar-refractivity contribution in [2.45, 2.75) is 11.8 Å². The highest BCUT2D eigenvalue weighted by atomic mass is 32.2. The molecule has 0 aromatic heterocycles. The summed E-state index contributed by atoms with van der Waals surface area (Å²) in [4.78, 5) is -0.109. The first-order valence-corrected chi connectivity index (χ1v) is 7.86. The molecular weight excluding hydrogens is 309 g/mol. The van der Waals surface area contributed by atoms with Crippen LogP contribution >= 0.6 is 0 Å². The second-order valence-corrected chi connectivity index (χ2v) is 6.24. The van der Waals surface area contributed by atoms with Gasteiger partial charge in [0.1, 0.15) is 5.82 Å². The minimum absolute atomic E-state index is 0.109. The third-order valence-corrected chi connectivity index (χ3v) is 4.60. The third-order valence-electron chi connectivity index (χ3n) is 3.08. The smallest absolute Gasteiger partial charge is 0.262 e. The molecule has 0 aliphatic carbocycles. The number of methoxy groups -OCH3 is 2. The first-order chi connectivity index (χ1) is 10.4. The fourth-order valence-electron chi connectivity index (χ4n) is 1.97. The zero-order chi connectivity index (χ0) is 16.3. The highest BCUT2D eigenvalue weighted by molar-refractivity contribution is 7.92. The van der Waals surface area contributed by atoms with Gasteiger partial charge in [-0.1, -0.05) is 6.07 Å². The standard InChI is InChI=1S/C15H16FNO4S/c1-10-4-5-11(16)8-15(10)22(18,19)17-12-6-7-13(20-2)14(9-12)21-3/h4-9,17H,1-3H3. The van der Waals surface area contributed by atoms with Crippen molar-refractivity contribution in [3.05, 3.63) is 47.8 Å². The summed E-state index contributed by atoms with van der Waals surface area (Å²) in [6, 6.07) is 8.22. The van der Waals surface area contributed by atoms with Gasteiger partial charge >= 0.3 is 0 Å². The number of aryl methyl sites for hydroxylation is 1. The average molecular weight is 325 g/mol. The SMILES string of the molecule is COc1ccc(NS(=O)(=O)c2cc(F)ccc2C)cc1OC. The largest absolute Gasteiger partial charge is 0.493 e. The molecule has 5 nitrogen and oxygen atoms in total. The Morgan fingerprint density at radius 2 is 1.68 bits per heavy atom. The van der Waals surface area contributed by atoms with Gasteiger partial charge in [-0.25, -0.2) is 12.8 Å². The average Bonchev–Trinajstić information content (AvgIpc) is 2.49. The Morgan fingerprint density at radius 3 is 2.32 bits per heavy atom. The van der Waals surface area contributed by atoms with Crippen LogP contribution in [0, 0.1) is 12.7 Å². The van der Waals surface area contributed by atoms with Gasteiger partial charge in [-0.2, -0.15) is 0 Å². The zero-order valence-electron chi connectivity index (χ0n) is 12.4.